The first kappa shape index (κ1) is 10.5. The molecule has 5 heteroatoms. The van der Waals surface area contributed by atoms with Crippen molar-refractivity contribution in [3.63, 3.8) is 0 Å². The topological polar surface area (TPSA) is 50.8 Å². The van der Waals surface area contributed by atoms with Gasteiger partial charge in [-0.3, -0.25) is 4.79 Å². The minimum Gasteiger partial charge on any atom is -0.378 e. The molecule has 3 atom stereocenters. The fraction of sp³-hybridized carbons (Fsp3) is 0.909. The van der Waals surface area contributed by atoms with Crippen molar-refractivity contribution < 1.29 is 14.3 Å². The Balaban J connectivity index is 1.59. The van der Waals surface area contributed by atoms with Gasteiger partial charge in [-0.2, -0.15) is 0 Å². The minimum atomic E-state index is -0.221. The lowest BCUT2D eigenvalue weighted by molar-refractivity contribution is -0.146. The molecule has 90 valence electrons. The first-order valence-electron chi connectivity index (χ1n) is 6.10. The molecule has 3 aliphatic heterocycles. The first-order chi connectivity index (χ1) is 7.84. The molecule has 0 radical (unpaired) electrons. The summed E-state index contributed by atoms with van der Waals surface area (Å²) >= 11 is 0. The van der Waals surface area contributed by atoms with Crippen molar-refractivity contribution in [2.24, 2.45) is 0 Å². The quantitative estimate of drug-likeness (QED) is 0.646. The van der Waals surface area contributed by atoms with E-state index in [1.165, 1.54) is 0 Å². The lowest BCUT2D eigenvalue weighted by atomic mass is 10.1. The number of nitrogens with one attached hydrogen (secondary N) is 1. The molecule has 3 fully saturated rings. The number of carbonyl (C=O) groups is 1. The number of hydrogen-bond acceptors (Lipinski definition) is 4. The number of amides is 1. The third-order valence-corrected chi connectivity index (χ3v) is 3.69. The maximum Gasteiger partial charge on any atom is 0.251 e. The SMILES string of the molecule is O=C([C@H]1C[C@H]2NCC[C@H]2O1)N1CCOCC1. The Morgan fingerprint density at radius 1 is 1.31 bits per heavy atom. The lowest BCUT2D eigenvalue weighted by Gasteiger charge is -2.29. The van der Waals surface area contributed by atoms with Gasteiger partial charge in [0.2, 0.25) is 0 Å². The van der Waals surface area contributed by atoms with Gasteiger partial charge in [0.15, 0.2) is 0 Å². The van der Waals surface area contributed by atoms with Gasteiger partial charge in [-0.05, 0) is 13.0 Å². The van der Waals surface area contributed by atoms with Crippen LogP contribution in [0.25, 0.3) is 0 Å². The lowest BCUT2D eigenvalue weighted by Crippen LogP contribution is -2.46. The fourth-order valence-electron chi connectivity index (χ4n) is 2.79. The molecule has 1 amide bonds. The van der Waals surface area contributed by atoms with Crippen LogP contribution >= 0.6 is 0 Å². The third kappa shape index (κ3) is 1.83. The van der Waals surface area contributed by atoms with Crippen LogP contribution in [0.2, 0.25) is 0 Å². The van der Waals surface area contributed by atoms with Crippen molar-refractivity contribution in [1.29, 1.82) is 0 Å². The molecule has 3 saturated heterocycles. The molecule has 3 heterocycles. The Morgan fingerprint density at radius 2 is 2.12 bits per heavy atom. The number of fused-ring (bicyclic) bond motifs is 1. The van der Waals surface area contributed by atoms with Crippen molar-refractivity contribution >= 4 is 5.91 Å². The van der Waals surface area contributed by atoms with Crippen molar-refractivity contribution in [1.82, 2.24) is 10.2 Å². The summed E-state index contributed by atoms with van der Waals surface area (Å²) in [6.07, 6.45) is 1.91. The van der Waals surface area contributed by atoms with Gasteiger partial charge < -0.3 is 19.7 Å². The zero-order chi connectivity index (χ0) is 11.0. The minimum absolute atomic E-state index is 0.152. The Labute approximate surface area is 95.1 Å². The summed E-state index contributed by atoms with van der Waals surface area (Å²) < 4.78 is 11.0. The van der Waals surface area contributed by atoms with Crippen LogP contribution in [-0.4, -0.2) is 61.9 Å². The summed E-state index contributed by atoms with van der Waals surface area (Å²) in [6, 6.07) is 0.398. The Morgan fingerprint density at radius 3 is 2.88 bits per heavy atom. The molecular formula is C11H18N2O3. The van der Waals surface area contributed by atoms with E-state index in [9.17, 15) is 4.79 Å². The van der Waals surface area contributed by atoms with Gasteiger partial charge >= 0.3 is 0 Å². The highest BCUT2D eigenvalue weighted by Gasteiger charge is 2.42. The zero-order valence-electron chi connectivity index (χ0n) is 9.35. The number of hydrogen-bond donors (Lipinski definition) is 1. The Kier molecular flexibility index (Phi) is 2.83. The molecular weight excluding hydrogens is 208 g/mol. The highest BCUT2D eigenvalue weighted by molar-refractivity contribution is 5.81. The molecule has 3 rings (SSSR count). The van der Waals surface area contributed by atoms with Crippen LogP contribution < -0.4 is 5.32 Å². The van der Waals surface area contributed by atoms with Crippen molar-refractivity contribution in [2.45, 2.75) is 31.1 Å². The summed E-state index contributed by atoms with van der Waals surface area (Å²) in [7, 11) is 0. The normalized spacial score (nSPS) is 38.8. The number of rotatable bonds is 1. The molecule has 0 aromatic rings. The molecule has 1 N–H and O–H groups in total. The molecule has 0 aromatic heterocycles. The highest BCUT2D eigenvalue weighted by Crippen LogP contribution is 2.27. The average Bonchev–Trinajstić information content (AvgIpc) is 2.89. The van der Waals surface area contributed by atoms with E-state index in [-0.39, 0.29) is 18.1 Å². The number of carbonyl (C=O) groups excluding carboxylic acids is 1. The van der Waals surface area contributed by atoms with Gasteiger partial charge in [0.05, 0.1) is 19.3 Å². The summed E-state index contributed by atoms with van der Waals surface area (Å²) in [5.41, 5.74) is 0. The molecule has 5 nitrogen and oxygen atoms in total. The predicted octanol–water partition coefficient (Wildman–Crippen LogP) is -0.635. The van der Waals surface area contributed by atoms with Crippen LogP contribution in [0.5, 0.6) is 0 Å². The van der Waals surface area contributed by atoms with Crippen LogP contribution in [0, 0.1) is 0 Å². The van der Waals surface area contributed by atoms with E-state index in [2.05, 4.69) is 5.32 Å². The van der Waals surface area contributed by atoms with Crippen LogP contribution in [0.1, 0.15) is 12.8 Å². The third-order valence-electron chi connectivity index (χ3n) is 3.69. The first-order valence-corrected chi connectivity index (χ1v) is 6.10. The monoisotopic (exact) mass is 226 g/mol. The van der Waals surface area contributed by atoms with E-state index in [1.54, 1.807) is 0 Å². The largest absolute Gasteiger partial charge is 0.378 e. The van der Waals surface area contributed by atoms with E-state index >= 15 is 0 Å². The van der Waals surface area contributed by atoms with Crippen LogP contribution in [0.4, 0.5) is 0 Å². The van der Waals surface area contributed by atoms with Crippen LogP contribution in [0.15, 0.2) is 0 Å². The molecule has 0 saturated carbocycles. The maximum absolute atomic E-state index is 12.1. The van der Waals surface area contributed by atoms with Crippen molar-refractivity contribution in [3.05, 3.63) is 0 Å². The Hall–Kier alpha value is -0.650. The standard InChI is InChI=1S/C11H18N2O3/c14-11(13-3-5-15-6-4-13)10-7-8-9(16-10)1-2-12-8/h8-10,12H,1-7H2/t8-,9-,10-/m1/s1. The van der Waals surface area contributed by atoms with Crippen LogP contribution in [0.3, 0.4) is 0 Å². The molecule has 0 bridgehead atoms. The summed E-state index contributed by atoms with van der Waals surface area (Å²) in [5.74, 6) is 0.152. The van der Waals surface area contributed by atoms with E-state index in [0.717, 1.165) is 19.4 Å². The number of ether oxygens (including phenoxy) is 2. The predicted molar refractivity (Wildman–Crippen MR) is 57.1 cm³/mol. The molecule has 0 aliphatic carbocycles. The molecule has 3 aliphatic rings. The summed E-state index contributed by atoms with van der Waals surface area (Å²) in [5, 5.41) is 3.39. The second-order valence-corrected chi connectivity index (χ2v) is 4.69. The molecule has 0 aromatic carbocycles. The van der Waals surface area contributed by atoms with E-state index in [0.29, 0.717) is 32.3 Å². The maximum atomic E-state index is 12.1. The van der Waals surface area contributed by atoms with E-state index < -0.39 is 0 Å². The zero-order valence-corrected chi connectivity index (χ0v) is 9.35. The van der Waals surface area contributed by atoms with Gasteiger partial charge in [-0.1, -0.05) is 0 Å². The smallest absolute Gasteiger partial charge is 0.251 e. The number of nitrogens with zero attached hydrogens (tertiary/aromatic N) is 1. The highest BCUT2D eigenvalue weighted by atomic mass is 16.5. The summed E-state index contributed by atoms with van der Waals surface area (Å²) in [6.45, 7) is 3.75. The second kappa shape index (κ2) is 4.31. The van der Waals surface area contributed by atoms with E-state index in [1.807, 2.05) is 4.90 Å². The van der Waals surface area contributed by atoms with Gasteiger partial charge in [0.25, 0.3) is 5.91 Å². The molecule has 16 heavy (non-hydrogen) atoms. The Bertz CT molecular complexity index is 266. The molecule has 0 spiro atoms. The summed E-state index contributed by atoms with van der Waals surface area (Å²) in [4.78, 5) is 14.0. The average molecular weight is 226 g/mol. The molecule has 0 unspecified atom stereocenters. The van der Waals surface area contributed by atoms with Crippen LogP contribution in [-0.2, 0) is 14.3 Å². The van der Waals surface area contributed by atoms with Gasteiger partial charge in [0.1, 0.15) is 6.10 Å². The fourth-order valence-corrected chi connectivity index (χ4v) is 2.79. The second-order valence-electron chi connectivity index (χ2n) is 4.69. The van der Waals surface area contributed by atoms with Crippen molar-refractivity contribution in [2.75, 3.05) is 32.8 Å². The number of morpholine rings is 1. The van der Waals surface area contributed by atoms with E-state index in [4.69, 9.17) is 9.47 Å². The van der Waals surface area contributed by atoms with Gasteiger partial charge in [-0.25, -0.2) is 0 Å². The van der Waals surface area contributed by atoms with Gasteiger partial charge in [0, 0.05) is 25.6 Å². The van der Waals surface area contributed by atoms with Crippen molar-refractivity contribution in [3.8, 4) is 0 Å². The van der Waals surface area contributed by atoms with Gasteiger partial charge in [-0.15, -0.1) is 0 Å².